The first-order valence-corrected chi connectivity index (χ1v) is 10.3. The number of hydrogen-bond donors (Lipinski definition) is 2. The number of methoxy groups -OCH3 is 1. The third-order valence-corrected chi connectivity index (χ3v) is 5.43. The number of thiocarbonyl (C=S) groups is 1. The second kappa shape index (κ2) is 9.54. The smallest absolute Gasteiger partial charge is 0.341 e. The molecular weight excluding hydrogens is 404 g/mol. The normalized spacial score (nSPS) is 10.3. The number of carbonyl (C=O) groups is 1. The fourth-order valence-electron chi connectivity index (χ4n) is 2.92. The predicted octanol–water partition coefficient (Wildman–Crippen LogP) is 5.72. The second-order valence-electron chi connectivity index (χ2n) is 6.13. The first kappa shape index (κ1) is 20.8. The summed E-state index contributed by atoms with van der Waals surface area (Å²) in [5.74, 6) is 0.394. The molecule has 3 aromatic rings. The molecule has 0 amide bonds. The largest absolute Gasteiger partial charge is 0.497 e. The van der Waals surface area contributed by atoms with Gasteiger partial charge in [-0.15, -0.1) is 11.3 Å². The zero-order valence-electron chi connectivity index (χ0n) is 16.4. The van der Waals surface area contributed by atoms with E-state index < -0.39 is 0 Å². The van der Waals surface area contributed by atoms with Crippen LogP contribution in [0.4, 0.5) is 10.7 Å². The van der Waals surface area contributed by atoms with E-state index in [2.05, 4.69) is 10.6 Å². The Kier molecular flexibility index (Phi) is 6.85. The fraction of sp³-hybridized carbons (Fsp3) is 0.182. The summed E-state index contributed by atoms with van der Waals surface area (Å²) in [5.41, 5.74) is 3.15. The van der Waals surface area contributed by atoms with E-state index in [1.807, 2.05) is 61.5 Å². The van der Waals surface area contributed by atoms with Gasteiger partial charge in [0.25, 0.3) is 0 Å². The molecule has 0 radical (unpaired) electrons. The van der Waals surface area contributed by atoms with E-state index in [-0.39, 0.29) is 5.97 Å². The van der Waals surface area contributed by atoms with Crippen molar-refractivity contribution in [2.24, 2.45) is 0 Å². The lowest BCUT2D eigenvalue weighted by molar-refractivity contribution is 0.0529. The Morgan fingerprint density at radius 3 is 2.38 bits per heavy atom. The Morgan fingerprint density at radius 1 is 1.07 bits per heavy atom. The van der Waals surface area contributed by atoms with Crippen LogP contribution in [0.3, 0.4) is 0 Å². The lowest BCUT2D eigenvalue weighted by Crippen LogP contribution is -2.20. The van der Waals surface area contributed by atoms with E-state index in [1.54, 1.807) is 14.0 Å². The number of ether oxygens (including phenoxy) is 2. The molecular formula is C22H22N2O3S2. The van der Waals surface area contributed by atoms with Gasteiger partial charge in [-0.1, -0.05) is 30.3 Å². The lowest BCUT2D eigenvalue weighted by Gasteiger charge is -2.12. The van der Waals surface area contributed by atoms with Crippen LogP contribution in [-0.4, -0.2) is 24.8 Å². The van der Waals surface area contributed by atoms with Gasteiger partial charge in [-0.3, -0.25) is 0 Å². The molecule has 5 nitrogen and oxygen atoms in total. The summed E-state index contributed by atoms with van der Waals surface area (Å²) in [6.45, 7) is 4.08. The van der Waals surface area contributed by atoms with Gasteiger partial charge in [0.15, 0.2) is 5.11 Å². The average Bonchev–Trinajstić information content (AvgIpc) is 3.05. The van der Waals surface area contributed by atoms with Crippen molar-refractivity contribution in [2.75, 3.05) is 24.4 Å². The standard InChI is InChI=1S/C22H22N2O3S2/c1-4-27-21(25)19-18(15-8-6-5-7-9-15)14(2)29-20(19)24-22(28)23-16-10-12-17(26-3)13-11-16/h5-13H,4H2,1-3H3,(H2,23,24,28). The van der Waals surface area contributed by atoms with Crippen molar-refractivity contribution in [1.82, 2.24) is 0 Å². The Bertz CT molecular complexity index is 999. The van der Waals surface area contributed by atoms with Crippen LogP contribution in [0, 0.1) is 6.92 Å². The van der Waals surface area contributed by atoms with Crippen LogP contribution in [0.2, 0.25) is 0 Å². The molecule has 0 saturated heterocycles. The molecule has 1 aromatic heterocycles. The molecule has 2 N–H and O–H groups in total. The van der Waals surface area contributed by atoms with E-state index in [9.17, 15) is 4.79 Å². The van der Waals surface area contributed by atoms with Gasteiger partial charge in [0.2, 0.25) is 0 Å². The molecule has 0 spiro atoms. The number of benzene rings is 2. The Morgan fingerprint density at radius 2 is 1.76 bits per heavy atom. The summed E-state index contributed by atoms with van der Waals surface area (Å²) in [7, 11) is 1.62. The molecule has 0 bridgehead atoms. The summed E-state index contributed by atoms with van der Waals surface area (Å²) in [6, 6.07) is 17.2. The molecule has 29 heavy (non-hydrogen) atoms. The molecule has 7 heteroatoms. The highest BCUT2D eigenvalue weighted by atomic mass is 32.1. The number of carbonyl (C=O) groups excluding carboxylic acids is 1. The topological polar surface area (TPSA) is 59.6 Å². The molecule has 2 aromatic carbocycles. The van der Waals surface area contributed by atoms with Gasteiger partial charge >= 0.3 is 5.97 Å². The van der Waals surface area contributed by atoms with E-state index >= 15 is 0 Å². The number of nitrogens with one attached hydrogen (secondary N) is 2. The van der Waals surface area contributed by atoms with Gasteiger partial charge in [0.1, 0.15) is 16.3 Å². The maximum atomic E-state index is 12.8. The molecule has 0 fully saturated rings. The highest BCUT2D eigenvalue weighted by Crippen LogP contribution is 2.40. The van der Waals surface area contributed by atoms with Crippen molar-refractivity contribution in [3.63, 3.8) is 0 Å². The lowest BCUT2D eigenvalue weighted by atomic mass is 10.0. The average molecular weight is 427 g/mol. The summed E-state index contributed by atoms with van der Waals surface area (Å²) in [4.78, 5) is 13.8. The second-order valence-corrected chi connectivity index (χ2v) is 7.76. The van der Waals surface area contributed by atoms with Crippen LogP contribution >= 0.6 is 23.6 Å². The zero-order valence-corrected chi connectivity index (χ0v) is 18.1. The highest BCUT2D eigenvalue weighted by molar-refractivity contribution is 7.80. The van der Waals surface area contributed by atoms with E-state index in [0.29, 0.717) is 22.3 Å². The van der Waals surface area contributed by atoms with Crippen molar-refractivity contribution in [2.45, 2.75) is 13.8 Å². The number of hydrogen-bond acceptors (Lipinski definition) is 5. The zero-order chi connectivity index (χ0) is 20.8. The Balaban J connectivity index is 1.89. The van der Waals surface area contributed by atoms with Crippen LogP contribution in [0.5, 0.6) is 5.75 Å². The summed E-state index contributed by atoms with van der Waals surface area (Å²) >= 11 is 6.94. The van der Waals surface area contributed by atoms with E-state index in [4.69, 9.17) is 21.7 Å². The summed E-state index contributed by atoms with van der Waals surface area (Å²) in [6.07, 6.45) is 0. The van der Waals surface area contributed by atoms with Gasteiger partial charge in [-0.2, -0.15) is 0 Å². The van der Waals surface area contributed by atoms with Crippen molar-refractivity contribution in [3.8, 4) is 16.9 Å². The first-order valence-electron chi connectivity index (χ1n) is 9.11. The SMILES string of the molecule is CCOC(=O)c1c(NC(=S)Nc2ccc(OC)cc2)sc(C)c1-c1ccccc1. The summed E-state index contributed by atoms with van der Waals surface area (Å²) < 4.78 is 10.5. The maximum absolute atomic E-state index is 12.8. The molecule has 0 unspecified atom stereocenters. The number of thiophene rings is 1. The van der Waals surface area contributed by atoms with Crippen LogP contribution in [0.25, 0.3) is 11.1 Å². The molecule has 3 rings (SSSR count). The Labute approximate surface area is 179 Å². The minimum absolute atomic E-state index is 0.302. The highest BCUT2D eigenvalue weighted by Gasteiger charge is 2.24. The Hall–Kier alpha value is -2.90. The monoisotopic (exact) mass is 426 g/mol. The van der Waals surface area contributed by atoms with Crippen molar-refractivity contribution in [1.29, 1.82) is 0 Å². The molecule has 0 aliphatic heterocycles. The minimum atomic E-state index is -0.370. The third-order valence-electron chi connectivity index (χ3n) is 4.20. The van der Waals surface area contributed by atoms with Crippen LogP contribution in [0.15, 0.2) is 54.6 Å². The fourth-order valence-corrected chi connectivity index (χ4v) is 4.28. The van der Waals surface area contributed by atoms with Gasteiger partial charge in [-0.05, 0) is 55.9 Å². The van der Waals surface area contributed by atoms with Crippen molar-refractivity contribution in [3.05, 3.63) is 65.0 Å². The first-order chi connectivity index (χ1) is 14.0. The molecule has 0 aliphatic rings. The van der Waals surface area contributed by atoms with E-state index in [0.717, 1.165) is 27.4 Å². The van der Waals surface area contributed by atoms with E-state index in [1.165, 1.54) is 11.3 Å². The van der Waals surface area contributed by atoms with Crippen LogP contribution < -0.4 is 15.4 Å². The number of anilines is 2. The van der Waals surface area contributed by atoms with Crippen molar-refractivity contribution >= 4 is 45.3 Å². The van der Waals surface area contributed by atoms with Gasteiger partial charge in [-0.25, -0.2) is 4.79 Å². The van der Waals surface area contributed by atoms with Crippen LogP contribution in [-0.2, 0) is 4.74 Å². The molecule has 0 aliphatic carbocycles. The molecule has 0 saturated carbocycles. The number of rotatable bonds is 6. The van der Waals surface area contributed by atoms with Crippen molar-refractivity contribution < 1.29 is 14.3 Å². The van der Waals surface area contributed by atoms with Gasteiger partial charge in [0, 0.05) is 16.1 Å². The minimum Gasteiger partial charge on any atom is -0.497 e. The summed E-state index contributed by atoms with van der Waals surface area (Å²) in [5, 5.41) is 7.34. The molecule has 150 valence electrons. The van der Waals surface area contributed by atoms with Crippen LogP contribution in [0.1, 0.15) is 22.2 Å². The maximum Gasteiger partial charge on any atom is 0.341 e. The molecule has 1 heterocycles. The third kappa shape index (κ3) is 4.93. The number of esters is 1. The molecule has 0 atom stereocenters. The number of aryl methyl sites for hydroxylation is 1. The predicted molar refractivity (Wildman–Crippen MR) is 123 cm³/mol. The van der Waals surface area contributed by atoms with Gasteiger partial charge in [0.05, 0.1) is 13.7 Å². The quantitative estimate of drug-likeness (QED) is 0.388. The van der Waals surface area contributed by atoms with Gasteiger partial charge < -0.3 is 20.1 Å².